The smallest absolute Gasteiger partial charge is 0.135 e. The number of aliphatic hydroxyl groups excluding tert-OH is 1. The van der Waals surface area contributed by atoms with E-state index in [-0.39, 0.29) is 6.61 Å². The highest BCUT2D eigenvalue weighted by Crippen LogP contribution is 2.15. The predicted molar refractivity (Wildman–Crippen MR) is 64.2 cm³/mol. The molecular formula is C9H11NO2S2. The molecule has 1 aromatic carbocycles. The van der Waals surface area contributed by atoms with Crippen molar-refractivity contribution in [1.82, 2.24) is 0 Å². The van der Waals surface area contributed by atoms with Crippen LogP contribution >= 0.6 is 24.8 Å². The van der Waals surface area contributed by atoms with Gasteiger partial charge < -0.3 is 15.2 Å². The lowest BCUT2D eigenvalue weighted by molar-refractivity contribution is 0.201. The van der Waals surface area contributed by atoms with Gasteiger partial charge in [0.2, 0.25) is 0 Å². The van der Waals surface area contributed by atoms with Crippen LogP contribution in [0.25, 0.3) is 0 Å². The molecule has 0 bridgehead atoms. The number of rotatable bonds is 4. The third-order valence-corrected chi connectivity index (χ3v) is 1.68. The Hall–Kier alpha value is -0.780. The van der Waals surface area contributed by atoms with E-state index in [1.807, 2.05) is 12.1 Å². The highest BCUT2D eigenvalue weighted by Gasteiger charge is 1.95. The highest BCUT2D eigenvalue weighted by molar-refractivity contribution is 8.11. The van der Waals surface area contributed by atoms with Crippen molar-refractivity contribution in [3.05, 3.63) is 24.3 Å². The van der Waals surface area contributed by atoms with Crippen LogP contribution in [0.5, 0.6) is 5.75 Å². The SMILES string of the molecule is OCCOc1ccc(NC(=S)S)cc1. The minimum atomic E-state index is 0.0146. The van der Waals surface area contributed by atoms with Gasteiger partial charge in [-0.1, -0.05) is 12.2 Å². The van der Waals surface area contributed by atoms with Crippen molar-refractivity contribution in [3.63, 3.8) is 0 Å². The second kappa shape index (κ2) is 5.85. The maximum Gasteiger partial charge on any atom is 0.135 e. The molecule has 14 heavy (non-hydrogen) atoms. The number of benzene rings is 1. The van der Waals surface area contributed by atoms with Crippen LogP contribution in [-0.2, 0) is 0 Å². The largest absolute Gasteiger partial charge is 0.491 e. The summed E-state index contributed by atoms with van der Waals surface area (Å²) in [4.78, 5) is 0. The van der Waals surface area contributed by atoms with Crippen LogP contribution in [0.2, 0.25) is 0 Å². The van der Waals surface area contributed by atoms with Gasteiger partial charge in [-0.2, -0.15) is 0 Å². The van der Waals surface area contributed by atoms with Crippen LogP contribution < -0.4 is 10.1 Å². The molecule has 76 valence electrons. The van der Waals surface area contributed by atoms with Crippen LogP contribution in [0.4, 0.5) is 5.69 Å². The van der Waals surface area contributed by atoms with Gasteiger partial charge in [0.05, 0.1) is 6.61 Å². The van der Waals surface area contributed by atoms with Gasteiger partial charge in [-0.3, -0.25) is 0 Å². The molecule has 0 aromatic heterocycles. The number of anilines is 1. The lowest BCUT2D eigenvalue weighted by Crippen LogP contribution is -2.02. The molecule has 3 nitrogen and oxygen atoms in total. The number of hydrogen-bond acceptors (Lipinski definition) is 3. The first-order valence-corrected chi connectivity index (χ1v) is 4.91. The number of ether oxygens (including phenoxy) is 1. The van der Waals surface area contributed by atoms with Crippen molar-refractivity contribution in [1.29, 1.82) is 0 Å². The van der Waals surface area contributed by atoms with Gasteiger partial charge in [-0.25, -0.2) is 0 Å². The van der Waals surface area contributed by atoms with E-state index in [1.165, 1.54) is 0 Å². The van der Waals surface area contributed by atoms with E-state index in [0.717, 1.165) is 11.4 Å². The Kier molecular flexibility index (Phi) is 4.72. The Labute approximate surface area is 93.5 Å². The Balaban J connectivity index is 2.54. The molecule has 0 aliphatic rings. The van der Waals surface area contributed by atoms with Gasteiger partial charge >= 0.3 is 0 Å². The molecule has 0 spiro atoms. The van der Waals surface area contributed by atoms with Crippen molar-refractivity contribution < 1.29 is 9.84 Å². The number of hydrogen-bond donors (Lipinski definition) is 3. The second-order valence-electron chi connectivity index (χ2n) is 2.53. The number of thiocarbonyl (C=S) groups is 1. The molecule has 2 N–H and O–H groups in total. The van der Waals surface area contributed by atoms with Crippen LogP contribution in [-0.4, -0.2) is 22.6 Å². The summed E-state index contributed by atoms with van der Waals surface area (Å²) < 4.78 is 5.61. The first-order chi connectivity index (χ1) is 6.72. The third kappa shape index (κ3) is 3.95. The first-order valence-electron chi connectivity index (χ1n) is 4.06. The summed E-state index contributed by atoms with van der Waals surface area (Å²) in [7, 11) is 0. The Bertz CT molecular complexity index is 300. The van der Waals surface area contributed by atoms with Gasteiger partial charge in [0.25, 0.3) is 0 Å². The Morgan fingerprint density at radius 1 is 1.43 bits per heavy atom. The minimum Gasteiger partial charge on any atom is -0.491 e. The molecule has 0 aliphatic heterocycles. The third-order valence-electron chi connectivity index (χ3n) is 1.47. The first kappa shape index (κ1) is 11.3. The summed E-state index contributed by atoms with van der Waals surface area (Å²) in [5, 5.41) is 11.4. The van der Waals surface area contributed by atoms with E-state index in [9.17, 15) is 0 Å². The molecule has 5 heteroatoms. The zero-order valence-corrected chi connectivity index (χ0v) is 9.15. The maximum absolute atomic E-state index is 8.54. The van der Waals surface area contributed by atoms with E-state index in [0.29, 0.717) is 10.9 Å². The molecule has 0 aliphatic carbocycles. The van der Waals surface area contributed by atoms with Crippen LogP contribution in [0.3, 0.4) is 0 Å². The fraction of sp³-hybridized carbons (Fsp3) is 0.222. The fourth-order valence-electron chi connectivity index (χ4n) is 0.921. The van der Waals surface area contributed by atoms with E-state index in [4.69, 9.17) is 22.1 Å². The molecule has 0 saturated carbocycles. The molecule has 0 amide bonds. The predicted octanol–water partition coefficient (Wildman–Crippen LogP) is 1.68. The Morgan fingerprint density at radius 3 is 2.57 bits per heavy atom. The summed E-state index contributed by atoms with van der Waals surface area (Å²) in [5.41, 5.74) is 0.862. The Morgan fingerprint density at radius 2 is 2.07 bits per heavy atom. The van der Waals surface area contributed by atoms with Gasteiger partial charge in [-0.05, 0) is 24.3 Å². The topological polar surface area (TPSA) is 41.5 Å². The highest BCUT2D eigenvalue weighted by atomic mass is 32.1. The number of thiol groups is 1. The number of aliphatic hydroxyl groups is 1. The maximum atomic E-state index is 8.54. The molecule has 1 rings (SSSR count). The zero-order chi connectivity index (χ0) is 10.4. The molecule has 0 unspecified atom stereocenters. The average Bonchev–Trinajstić information content (AvgIpc) is 2.16. The van der Waals surface area contributed by atoms with E-state index in [1.54, 1.807) is 12.1 Å². The summed E-state index contributed by atoms with van der Waals surface area (Å²) in [6, 6.07) is 7.25. The van der Waals surface area contributed by atoms with Gasteiger partial charge in [-0.15, -0.1) is 12.6 Å². The van der Waals surface area contributed by atoms with Gasteiger partial charge in [0.1, 0.15) is 16.7 Å². The fourth-order valence-corrected chi connectivity index (χ4v) is 1.17. The van der Waals surface area contributed by atoms with E-state index in [2.05, 4.69) is 17.9 Å². The van der Waals surface area contributed by atoms with Crippen molar-refractivity contribution in [3.8, 4) is 5.75 Å². The normalized spacial score (nSPS) is 9.57. The van der Waals surface area contributed by atoms with Crippen molar-refractivity contribution in [2.45, 2.75) is 0 Å². The lowest BCUT2D eigenvalue weighted by Gasteiger charge is -2.06. The van der Waals surface area contributed by atoms with E-state index < -0.39 is 0 Å². The molecule has 0 heterocycles. The minimum absolute atomic E-state index is 0.0146. The molecule has 1 aromatic rings. The monoisotopic (exact) mass is 229 g/mol. The average molecular weight is 229 g/mol. The standard InChI is InChI=1S/C9H11NO2S2/c11-5-6-12-8-3-1-7(2-4-8)10-9(13)14/h1-4,11H,5-6H2,(H2,10,13,14). The summed E-state index contributed by atoms with van der Waals surface area (Å²) in [5.74, 6) is 0.717. The summed E-state index contributed by atoms with van der Waals surface area (Å²) >= 11 is 8.72. The molecule has 0 fully saturated rings. The van der Waals surface area contributed by atoms with Gasteiger partial charge in [0, 0.05) is 5.69 Å². The molecule has 0 atom stereocenters. The number of nitrogens with one attached hydrogen (secondary N) is 1. The second-order valence-corrected chi connectivity index (χ2v) is 3.68. The molecule has 0 saturated heterocycles. The molecule has 0 radical (unpaired) electrons. The quantitative estimate of drug-likeness (QED) is 0.543. The van der Waals surface area contributed by atoms with Crippen molar-refractivity contribution in [2.24, 2.45) is 0 Å². The van der Waals surface area contributed by atoms with Gasteiger partial charge in [0.15, 0.2) is 0 Å². The van der Waals surface area contributed by atoms with Crippen LogP contribution in [0, 0.1) is 0 Å². The lowest BCUT2D eigenvalue weighted by atomic mass is 10.3. The van der Waals surface area contributed by atoms with Crippen LogP contribution in [0.1, 0.15) is 0 Å². The van der Waals surface area contributed by atoms with Crippen molar-refractivity contribution in [2.75, 3.05) is 18.5 Å². The summed E-state index contributed by atoms with van der Waals surface area (Å²) in [6.07, 6.45) is 0. The summed E-state index contributed by atoms with van der Waals surface area (Å²) in [6.45, 7) is 0.318. The molecular weight excluding hydrogens is 218 g/mol. The van der Waals surface area contributed by atoms with Crippen LogP contribution in [0.15, 0.2) is 24.3 Å². The van der Waals surface area contributed by atoms with E-state index >= 15 is 0 Å². The van der Waals surface area contributed by atoms with Crippen molar-refractivity contribution >= 4 is 34.9 Å². The zero-order valence-electron chi connectivity index (χ0n) is 7.43.